The van der Waals surface area contributed by atoms with Gasteiger partial charge in [-0.15, -0.1) is 11.1 Å². The molecule has 0 N–H and O–H groups in total. The van der Waals surface area contributed by atoms with Crippen molar-refractivity contribution in [3.05, 3.63) is 48.5 Å². The lowest BCUT2D eigenvalue weighted by Gasteiger charge is -2.66. The molecule has 2 aliphatic rings. The van der Waals surface area contributed by atoms with Gasteiger partial charge in [0.15, 0.2) is 4.62 Å². The summed E-state index contributed by atoms with van der Waals surface area (Å²) in [6.45, 7) is 35.8. The van der Waals surface area contributed by atoms with Crippen LogP contribution in [0.5, 0.6) is 0 Å². The van der Waals surface area contributed by atoms with Gasteiger partial charge in [0, 0.05) is 26.2 Å². The molecule has 0 saturated heterocycles. The maximum Gasteiger partial charge on any atom is 0.410 e. The Morgan fingerprint density at radius 2 is 0.837 bits per heavy atom. The highest BCUT2D eigenvalue weighted by Crippen LogP contribution is 2.62. The number of benzene rings is 2. The first-order chi connectivity index (χ1) is 19.3. The monoisotopic (exact) mass is 644 g/mol. The van der Waals surface area contributed by atoms with Crippen molar-refractivity contribution in [2.75, 3.05) is 45.1 Å². The summed E-state index contributed by atoms with van der Waals surface area (Å²) in [6, 6.07) is 17.7. The Labute approximate surface area is 274 Å². The number of hydrogen-bond donors (Lipinski definition) is 0. The molecule has 4 rings (SSSR count). The maximum atomic E-state index is 8.71. The lowest BCUT2D eigenvalue weighted by atomic mass is 9.87. The number of nitrogens with zero attached hydrogens (tertiary/aromatic N) is 4. The van der Waals surface area contributed by atoms with Crippen LogP contribution in [0.3, 0.4) is 0 Å². The van der Waals surface area contributed by atoms with E-state index in [0.29, 0.717) is 0 Å². The van der Waals surface area contributed by atoms with Crippen molar-refractivity contribution >= 4 is 53.1 Å². The maximum absolute atomic E-state index is 8.71. The molecular formula is C36H58Cl2N4Si. The van der Waals surface area contributed by atoms with Gasteiger partial charge in [0.1, 0.15) is 0 Å². The molecule has 0 amide bonds. The van der Waals surface area contributed by atoms with Crippen molar-refractivity contribution < 1.29 is 0 Å². The zero-order valence-corrected chi connectivity index (χ0v) is 32.0. The van der Waals surface area contributed by atoms with Crippen LogP contribution in [-0.4, -0.2) is 44.0 Å². The van der Waals surface area contributed by atoms with Gasteiger partial charge in [0.05, 0.1) is 28.3 Å². The third kappa shape index (κ3) is 6.17. The highest BCUT2D eigenvalue weighted by Gasteiger charge is 2.76. The predicted molar refractivity (Wildman–Crippen MR) is 194 cm³/mol. The van der Waals surface area contributed by atoms with E-state index in [2.05, 4.69) is 164 Å². The van der Waals surface area contributed by atoms with E-state index >= 15 is 0 Å². The van der Waals surface area contributed by atoms with Crippen LogP contribution >= 0.6 is 22.7 Å². The van der Waals surface area contributed by atoms with Crippen LogP contribution < -0.4 is 18.9 Å². The number of halogens is 2. The van der Waals surface area contributed by atoms with Crippen molar-refractivity contribution in [2.45, 2.75) is 107 Å². The van der Waals surface area contributed by atoms with Gasteiger partial charge in [-0.1, -0.05) is 119 Å². The lowest BCUT2D eigenvalue weighted by molar-refractivity contribution is 0.288. The van der Waals surface area contributed by atoms with E-state index in [1.807, 2.05) is 0 Å². The first-order valence-electron chi connectivity index (χ1n) is 16.0. The number of anilines is 4. The summed E-state index contributed by atoms with van der Waals surface area (Å²) in [7, 11) is -3.39. The molecule has 7 heteroatoms. The smallest absolute Gasteiger partial charge is 0.365 e. The molecule has 1 unspecified atom stereocenters. The zero-order chi connectivity index (χ0) is 32.6. The summed E-state index contributed by atoms with van der Waals surface area (Å²) in [6.07, 6.45) is 0. The Morgan fingerprint density at radius 1 is 0.535 bits per heavy atom. The van der Waals surface area contributed by atoms with Crippen molar-refractivity contribution in [3.63, 3.8) is 0 Å². The van der Waals surface area contributed by atoms with E-state index < -0.39 is 17.9 Å². The Morgan fingerprint density at radius 3 is 1.19 bits per heavy atom. The van der Waals surface area contributed by atoms with E-state index in [4.69, 9.17) is 22.7 Å². The third-order valence-electron chi connectivity index (χ3n) is 8.45. The quantitative estimate of drug-likeness (QED) is 0.139. The topological polar surface area (TPSA) is 13.0 Å². The van der Waals surface area contributed by atoms with E-state index in [-0.39, 0.29) is 21.7 Å². The summed E-state index contributed by atoms with van der Waals surface area (Å²) in [5.74, 6) is 0. The second-order valence-corrected chi connectivity index (χ2v) is 23.8. The molecular weight excluding hydrogens is 587 g/mol. The van der Waals surface area contributed by atoms with E-state index in [1.54, 1.807) is 0 Å². The molecule has 43 heavy (non-hydrogen) atoms. The Hall–Kier alpha value is -1.56. The number of para-hydroxylation sites is 4. The Bertz CT molecular complexity index is 1270. The number of hydrogen-bond acceptors (Lipinski definition) is 4. The van der Waals surface area contributed by atoms with Crippen molar-refractivity contribution in [3.8, 4) is 0 Å². The molecule has 0 aromatic heterocycles. The largest absolute Gasteiger partial charge is 0.410 e. The molecule has 4 nitrogen and oxygen atoms in total. The standard InChI is InChI=1S/C36H58Cl2N4Si/c1-31(2,3)23-39-27-19-15-16-20-28(27)40(24-32(4,5)6)36(37,35(39,13)14)43(38)41(25-33(7,8)9)29-21-17-18-22-30(29)42(43)26-34(10,11)12/h15-22H,23-26H2,1-14H3. The molecule has 0 aliphatic carbocycles. The van der Waals surface area contributed by atoms with Crippen LogP contribution in [0, 0.1) is 21.7 Å². The molecule has 0 bridgehead atoms. The minimum Gasteiger partial charge on any atom is -0.365 e. The molecule has 0 fully saturated rings. The van der Waals surface area contributed by atoms with Gasteiger partial charge in [-0.3, -0.25) is 0 Å². The molecule has 0 saturated carbocycles. The van der Waals surface area contributed by atoms with Crippen molar-refractivity contribution in [1.82, 2.24) is 0 Å². The summed E-state index contributed by atoms with van der Waals surface area (Å²) in [5.41, 5.74) is 4.31. The average Bonchev–Trinajstić information content (AvgIpc) is 3.05. The second kappa shape index (κ2) is 10.8. The summed E-state index contributed by atoms with van der Waals surface area (Å²) < 4.78 is 4.19. The normalized spacial score (nSPS) is 22.1. The number of rotatable bonds is 5. The van der Waals surface area contributed by atoms with Gasteiger partial charge in [-0.05, 0) is 59.8 Å². The molecule has 2 aromatic rings. The highest BCUT2D eigenvalue weighted by molar-refractivity contribution is 7.29. The fraction of sp³-hybridized carbons (Fsp3) is 0.667. The molecule has 2 aromatic carbocycles. The molecule has 0 radical (unpaired) electrons. The Kier molecular flexibility index (Phi) is 8.59. The highest BCUT2D eigenvalue weighted by atomic mass is 35.6. The van der Waals surface area contributed by atoms with Crippen molar-refractivity contribution in [2.24, 2.45) is 21.7 Å². The zero-order valence-electron chi connectivity index (χ0n) is 29.5. The van der Waals surface area contributed by atoms with Crippen LogP contribution in [0.25, 0.3) is 0 Å². The van der Waals surface area contributed by atoms with E-state index in [1.165, 1.54) is 22.7 Å². The van der Waals surface area contributed by atoms with Gasteiger partial charge in [-0.25, -0.2) is 0 Å². The molecule has 240 valence electrons. The first-order valence-corrected chi connectivity index (χ1v) is 19.3. The van der Waals surface area contributed by atoms with Crippen LogP contribution in [0.15, 0.2) is 48.5 Å². The second-order valence-electron chi connectivity index (χ2n) is 18.3. The third-order valence-corrected chi connectivity index (χ3v) is 16.2. The molecule has 1 atom stereocenters. The van der Waals surface area contributed by atoms with Crippen LogP contribution in [0.1, 0.15) is 96.9 Å². The van der Waals surface area contributed by atoms with Gasteiger partial charge >= 0.3 is 7.71 Å². The summed E-state index contributed by atoms with van der Waals surface area (Å²) in [4.78, 5) is 5.11. The number of fused-ring (bicyclic) bond motifs is 2. The van der Waals surface area contributed by atoms with Crippen LogP contribution in [-0.2, 0) is 0 Å². The van der Waals surface area contributed by atoms with Crippen molar-refractivity contribution in [1.29, 1.82) is 0 Å². The predicted octanol–water partition coefficient (Wildman–Crippen LogP) is 10.3. The first kappa shape index (κ1) is 34.3. The minimum absolute atomic E-state index is 0.00190. The fourth-order valence-corrected chi connectivity index (χ4v) is 14.6. The van der Waals surface area contributed by atoms with Gasteiger partial charge in [-0.2, -0.15) is 0 Å². The molecule has 2 aliphatic heterocycles. The van der Waals surface area contributed by atoms with Gasteiger partial charge < -0.3 is 18.9 Å². The van der Waals surface area contributed by atoms with Crippen LogP contribution in [0.2, 0.25) is 0 Å². The SMILES string of the molecule is CC(C)(C)CN1c2ccccc2N(CC(C)(C)C)C(Cl)([Si]2(Cl)N(CC(C)(C)C)c3ccccc3N2CC(C)(C)C)C1(C)C. The minimum atomic E-state index is -3.39. The average molecular weight is 646 g/mol. The lowest BCUT2D eigenvalue weighted by Crippen LogP contribution is -2.87. The Balaban J connectivity index is 2.15. The summed E-state index contributed by atoms with van der Waals surface area (Å²) >= 11 is 17.4. The fourth-order valence-electron chi connectivity index (χ4n) is 6.96. The van der Waals surface area contributed by atoms with Gasteiger partial charge in [0.25, 0.3) is 0 Å². The van der Waals surface area contributed by atoms with Gasteiger partial charge in [0.2, 0.25) is 0 Å². The van der Waals surface area contributed by atoms with E-state index in [9.17, 15) is 0 Å². The molecule has 0 spiro atoms. The van der Waals surface area contributed by atoms with Crippen LogP contribution in [0.4, 0.5) is 22.7 Å². The van der Waals surface area contributed by atoms with E-state index in [0.717, 1.165) is 26.2 Å². The number of alkyl halides is 1. The summed E-state index contributed by atoms with van der Waals surface area (Å²) in [5, 5.41) is 0. The molecule has 2 heterocycles.